The molecule has 1 N–H and O–H groups in total. The Bertz CT molecular complexity index is 602. The number of nitrogens with one attached hydrogen (secondary N) is 1. The van der Waals surface area contributed by atoms with Crippen LogP contribution in [0.4, 0.5) is 0 Å². The lowest BCUT2D eigenvalue weighted by atomic mass is 10.2. The molecule has 2 aromatic rings. The lowest BCUT2D eigenvalue weighted by Gasteiger charge is -2.00. The van der Waals surface area contributed by atoms with Crippen LogP contribution in [0.15, 0.2) is 64.6 Å². The van der Waals surface area contributed by atoms with E-state index in [1.54, 1.807) is 18.3 Å². The Morgan fingerprint density at radius 3 is 2.75 bits per heavy atom. The van der Waals surface area contributed by atoms with Gasteiger partial charge in [0.2, 0.25) is 5.91 Å². The first kappa shape index (κ1) is 14.6. The van der Waals surface area contributed by atoms with Crippen molar-refractivity contribution in [2.24, 2.45) is 5.10 Å². The van der Waals surface area contributed by atoms with Crippen molar-refractivity contribution in [3.63, 3.8) is 0 Å². The molecule has 2 aromatic carbocycles. The van der Waals surface area contributed by atoms with Crippen LogP contribution in [0.3, 0.4) is 0 Å². The van der Waals surface area contributed by atoms with Gasteiger partial charge in [0, 0.05) is 9.92 Å². The molecule has 0 aliphatic rings. The molecule has 102 valence electrons. The molecule has 0 saturated heterocycles. The highest BCUT2D eigenvalue weighted by Crippen LogP contribution is 2.16. The number of hydrogen-bond acceptors (Lipinski definition) is 3. The topological polar surface area (TPSA) is 41.5 Å². The van der Waals surface area contributed by atoms with Gasteiger partial charge in [0.15, 0.2) is 0 Å². The second kappa shape index (κ2) is 7.72. The van der Waals surface area contributed by atoms with E-state index in [-0.39, 0.29) is 5.91 Å². The van der Waals surface area contributed by atoms with E-state index in [2.05, 4.69) is 10.5 Å². The zero-order valence-corrected chi connectivity index (χ0v) is 12.2. The Kier molecular flexibility index (Phi) is 5.65. The summed E-state index contributed by atoms with van der Waals surface area (Å²) in [6, 6.07) is 17.0. The number of hydrazone groups is 1. The van der Waals surface area contributed by atoms with Crippen LogP contribution in [0.25, 0.3) is 0 Å². The summed E-state index contributed by atoms with van der Waals surface area (Å²) >= 11 is 7.32. The fraction of sp³-hybridized carbons (Fsp3) is 0.0667. The molecule has 3 nitrogen and oxygen atoms in total. The maximum atomic E-state index is 11.6. The van der Waals surface area contributed by atoms with Crippen LogP contribution in [-0.4, -0.2) is 17.9 Å². The average Bonchev–Trinajstić information content (AvgIpc) is 2.46. The Balaban J connectivity index is 1.78. The number of carbonyl (C=O) groups is 1. The van der Waals surface area contributed by atoms with Crippen LogP contribution in [0, 0.1) is 0 Å². The van der Waals surface area contributed by atoms with Crippen molar-refractivity contribution in [2.75, 3.05) is 5.75 Å². The highest BCUT2D eigenvalue weighted by Gasteiger charge is 2.00. The van der Waals surface area contributed by atoms with E-state index >= 15 is 0 Å². The molecule has 0 aliphatic heterocycles. The highest BCUT2D eigenvalue weighted by atomic mass is 35.5. The van der Waals surface area contributed by atoms with Gasteiger partial charge in [0.1, 0.15) is 0 Å². The maximum Gasteiger partial charge on any atom is 0.250 e. The first-order valence-electron chi connectivity index (χ1n) is 5.99. The number of carbonyl (C=O) groups excluding carboxylic acids is 1. The summed E-state index contributed by atoms with van der Waals surface area (Å²) < 4.78 is 0. The molecule has 2 rings (SSSR count). The zero-order valence-electron chi connectivity index (χ0n) is 10.6. The molecule has 0 fully saturated rings. The van der Waals surface area contributed by atoms with Crippen molar-refractivity contribution in [1.29, 1.82) is 0 Å². The van der Waals surface area contributed by atoms with Gasteiger partial charge in [0.05, 0.1) is 12.0 Å². The van der Waals surface area contributed by atoms with Crippen LogP contribution in [0.2, 0.25) is 5.02 Å². The molecule has 20 heavy (non-hydrogen) atoms. The fourth-order valence-electron chi connectivity index (χ4n) is 1.46. The van der Waals surface area contributed by atoms with E-state index in [1.165, 1.54) is 11.8 Å². The Morgan fingerprint density at radius 2 is 2.00 bits per heavy atom. The van der Waals surface area contributed by atoms with Crippen LogP contribution >= 0.6 is 23.4 Å². The molecule has 0 atom stereocenters. The van der Waals surface area contributed by atoms with E-state index in [1.807, 2.05) is 42.5 Å². The number of hydrogen-bond donors (Lipinski definition) is 1. The molecule has 0 saturated carbocycles. The standard InChI is InChI=1S/C15H13ClN2OS/c16-13-6-4-5-12(9-13)10-17-18-15(19)11-20-14-7-2-1-3-8-14/h1-10H,11H2,(H,18,19)/b17-10-. The number of amides is 1. The van der Waals surface area contributed by atoms with Gasteiger partial charge in [-0.25, -0.2) is 5.43 Å². The third-order valence-electron chi connectivity index (χ3n) is 2.36. The average molecular weight is 305 g/mol. The quantitative estimate of drug-likeness (QED) is 0.521. The second-order valence-electron chi connectivity index (χ2n) is 3.95. The minimum Gasteiger partial charge on any atom is -0.272 e. The number of rotatable bonds is 5. The van der Waals surface area contributed by atoms with Crippen molar-refractivity contribution in [2.45, 2.75) is 4.90 Å². The second-order valence-corrected chi connectivity index (χ2v) is 5.44. The molecule has 0 heterocycles. The van der Waals surface area contributed by atoms with E-state index in [0.717, 1.165) is 10.5 Å². The summed E-state index contributed by atoms with van der Waals surface area (Å²) in [4.78, 5) is 12.7. The van der Waals surface area contributed by atoms with Gasteiger partial charge in [-0.05, 0) is 29.8 Å². The van der Waals surface area contributed by atoms with Crippen molar-refractivity contribution >= 4 is 35.5 Å². The monoisotopic (exact) mass is 304 g/mol. The molecular formula is C15H13ClN2OS. The maximum absolute atomic E-state index is 11.6. The number of thioether (sulfide) groups is 1. The third-order valence-corrected chi connectivity index (χ3v) is 3.61. The Labute approximate surface area is 127 Å². The van der Waals surface area contributed by atoms with Crippen LogP contribution in [0.5, 0.6) is 0 Å². The molecule has 1 amide bonds. The first-order chi connectivity index (χ1) is 9.74. The summed E-state index contributed by atoms with van der Waals surface area (Å²) in [5.41, 5.74) is 3.33. The van der Waals surface area contributed by atoms with Gasteiger partial charge in [-0.1, -0.05) is 41.9 Å². The smallest absolute Gasteiger partial charge is 0.250 e. The van der Waals surface area contributed by atoms with Gasteiger partial charge in [-0.2, -0.15) is 5.10 Å². The summed E-state index contributed by atoms with van der Waals surface area (Å²) in [6.45, 7) is 0. The number of benzene rings is 2. The van der Waals surface area contributed by atoms with E-state index in [0.29, 0.717) is 10.8 Å². The molecular weight excluding hydrogens is 292 g/mol. The predicted octanol–water partition coefficient (Wildman–Crippen LogP) is 3.58. The Morgan fingerprint density at radius 1 is 1.20 bits per heavy atom. The van der Waals surface area contributed by atoms with Crippen molar-refractivity contribution < 1.29 is 4.79 Å². The molecule has 0 spiro atoms. The summed E-state index contributed by atoms with van der Waals surface area (Å²) in [6.07, 6.45) is 1.57. The number of nitrogens with zero attached hydrogens (tertiary/aromatic N) is 1. The minimum absolute atomic E-state index is 0.142. The Hall–Kier alpha value is -1.78. The largest absolute Gasteiger partial charge is 0.272 e. The molecule has 0 aromatic heterocycles. The van der Waals surface area contributed by atoms with Crippen LogP contribution in [0.1, 0.15) is 5.56 Å². The summed E-state index contributed by atoms with van der Waals surface area (Å²) in [7, 11) is 0. The molecule has 0 unspecified atom stereocenters. The molecule has 5 heteroatoms. The van der Waals surface area contributed by atoms with Crippen molar-refractivity contribution in [1.82, 2.24) is 5.43 Å². The van der Waals surface area contributed by atoms with E-state index in [4.69, 9.17) is 11.6 Å². The van der Waals surface area contributed by atoms with E-state index < -0.39 is 0 Å². The van der Waals surface area contributed by atoms with Crippen LogP contribution < -0.4 is 5.43 Å². The minimum atomic E-state index is -0.142. The third kappa shape index (κ3) is 5.07. The summed E-state index contributed by atoms with van der Waals surface area (Å²) in [5.74, 6) is 0.189. The highest BCUT2D eigenvalue weighted by molar-refractivity contribution is 8.00. The van der Waals surface area contributed by atoms with Gasteiger partial charge in [-0.3, -0.25) is 4.79 Å². The fourth-order valence-corrected chi connectivity index (χ4v) is 2.37. The van der Waals surface area contributed by atoms with Gasteiger partial charge >= 0.3 is 0 Å². The lowest BCUT2D eigenvalue weighted by Crippen LogP contribution is -2.19. The van der Waals surface area contributed by atoms with Gasteiger partial charge < -0.3 is 0 Å². The van der Waals surface area contributed by atoms with Crippen molar-refractivity contribution in [3.05, 3.63) is 65.2 Å². The molecule has 0 bridgehead atoms. The van der Waals surface area contributed by atoms with Gasteiger partial charge in [0.25, 0.3) is 0 Å². The van der Waals surface area contributed by atoms with Crippen LogP contribution in [-0.2, 0) is 4.79 Å². The predicted molar refractivity (Wildman–Crippen MR) is 84.4 cm³/mol. The normalized spacial score (nSPS) is 10.7. The van der Waals surface area contributed by atoms with E-state index in [9.17, 15) is 4.79 Å². The SMILES string of the molecule is O=C(CSc1ccccc1)N/N=C\c1cccc(Cl)c1. The molecule has 0 aliphatic carbocycles. The zero-order chi connectivity index (χ0) is 14.2. The first-order valence-corrected chi connectivity index (χ1v) is 7.36. The lowest BCUT2D eigenvalue weighted by molar-refractivity contribution is -0.118. The summed E-state index contributed by atoms with van der Waals surface area (Å²) in [5, 5.41) is 4.54. The van der Waals surface area contributed by atoms with Crippen molar-refractivity contribution in [3.8, 4) is 0 Å². The molecule has 0 radical (unpaired) electrons. The van der Waals surface area contributed by atoms with Gasteiger partial charge in [-0.15, -0.1) is 11.8 Å². The number of halogens is 1.